The van der Waals surface area contributed by atoms with E-state index in [0.29, 0.717) is 17.3 Å². The van der Waals surface area contributed by atoms with Gasteiger partial charge in [0.1, 0.15) is 5.75 Å². The van der Waals surface area contributed by atoms with Crippen LogP contribution in [0.1, 0.15) is 80.9 Å². The number of methoxy groups -OCH3 is 3. The van der Waals surface area contributed by atoms with Crippen LogP contribution in [0.2, 0.25) is 0 Å². The third kappa shape index (κ3) is 4.91. The first-order chi connectivity index (χ1) is 17.6. The van der Waals surface area contributed by atoms with Gasteiger partial charge < -0.3 is 19.1 Å². The summed E-state index contributed by atoms with van der Waals surface area (Å²) in [6, 6.07) is 16.4. The lowest BCUT2D eigenvalue weighted by Gasteiger charge is -2.49. The topological polar surface area (TPSA) is 30.9 Å². The molecule has 2 aromatic carbocycles. The maximum atomic E-state index is 5.59. The molecule has 196 valence electrons. The van der Waals surface area contributed by atoms with Gasteiger partial charge in [0.2, 0.25) is 0 Å². The van der Waals surface area contributed by atoms with E-state index in [0.717, 1.165) is 44.0 Å². The van der Waals surface area contributed by atoms with Gasteiger partial charge in [-0.25, -0.2) is 0 Å². The predicted molar refractivity (Wildman–Crippen MR) is 147 cm³/mol. The van der Waals surface area contributed by atoms with Gasteiger partial charge >= 0.3 is 0 Å². The molecule has 0 amide bonds. The molecule has 4 heteroatoms. The molecule has 2 aliphatic carbocycles. The zero-order valence-electron chi connectivity index (χ0n) is 22.8. The number of aryl methyl sites for hydroxylation is 1. The largest absolute Gasteiger partial charge is 0.497 e. The first-order valence-electron chi connectivity index (χ1n) is 14.1. The molecule has 4 nitrogen and oxygen atoms in total. The highest BCUT2D eigenvalue weighted by Gasteiger charge is 2.45. The minimum absolute atomic E-state index is 0.0861. The molecule has 0 unspecified atom stereocenters. The van der Waals surface area contributed by atoms with Crippen LogP contribution in [0.25, 0.3) is 0 Å². The van der Waals surface area contributed by atoms with E-state index in [1.165, 1.54) is 60.9 Å². The van der Waals surface area contributed by atoms with Gasteiger partial charge in [0.05, 0.1) is 7.11 Å². The summed E-state index contributed by atoms with van der Waals surface area (Å²) < 4.78 is 16.6. The van der Waals surface area contributed by atoms with E-state index >= 15 is 0 Å². The van der Waals surface area contributed by atoms with Crippen LogP contribution < -0.4 is 9.64 Å². The molecule has 0 spiro atoms. The third-order valence-corrected chi connectivity index (χ3v) is 9.77. The summed E-state index contributed by atoms with van der Waals surface area (Å²) in [5.41, 5.74) is 6.12. The molecule has 1 aliphatic heterocycles. The predicted octanol–water partition coefficient (Wildman–Crippen LogP) is 7.20. The second-order valence-corrected chi connectivity index (χ2v) is 11.6. The molecule has 0 aromatic heterocycles. The summed E-state index contributed by atoms with van der Waals surface area (Å²) in [5, 5.41) is 0. The second kappa shape index (κ2) is 11.1. The zero-order chi connectivity index (χ0) is 25.1. The standard InChI is InChI=1S/C32H45NO3/c1-32(26-8-6-5-7-9-26)19-16-25-22-28(34-2)14-15-29(25)30(32)23-10-12-27(13-11-23)33-20-17-24(18-21-33)31(35-3)36-4/h10-15,22,24,26,30-31H,5-9,16-21H2,1-4H3/t30-,32+/m1/s1. The molecule has 2 aromatic rings. The number of ether oxygens (including phenoxy) is 3. The summed E-state index contributed by atoms with van der Waals surface area (Å²) in [7, 11) is 5.28. The Bertz CT molecular complexity index is 987. The van der Waals surface area contributed by atoms with Crippen molar-refractivity contribution in [3.63, 3.8) is 0 Å². The Hall–Kier alpha value is -2.04. The molecule has 3 aliphatic rings. The number of nitrogens with zero attached hydrogens (tertiary/aromatic N) is 1. The van der Waals surface area contributed by atoms with Crippen molar-refractivity contribution >= 4 is 5.69 Å². The third-order valence-electron chi connectivity index (χ3n) is 9.77. The Morgan fingerprint density at radius 2 is 1.56 bits per heavy atom. The summed E-state index contributed by atoms with van der Waals surface area (Å²) in [5.74, 6) is 2.71. The molecule has 2 fully saturated rings. The van der Waals surface area contributed by atoms with Gasteiger partial charge in [-0.15, -0.1) is 0 Å². The molecule has 1 saturated heterocycles. The van der Waals surface area contributed by atoms with Gasteiger partial charge in [0, 0.05) is 44.8 Å². The number of rotatable bonds is 7. The Kier molecular flexibility index (Phi) is 7.93. The minimum Gasteiger partial charge on any atom is -0.497 e. The smallest absolute Gasteiger partial charge is 0.159 e. The van der Waals surface area contributed by atoms with Gasteiger partial charge in [-0.3, -0.25) is 0 Å². The highest BCUT2D eigenvalue weighted by Crippen LogP contribution is 2.56. The molecule has 36 heavy (non-hydrogen) atoms. The molecule has 1 heterocycles. The highest BCUT2D eigenvalue weighted by atomic mass is 16.7. The van der Waals surface area contributed by atoms with Crippen molar-refractivity contribution in [2.45, 2.75) is 76.9 Å². The molecular formula is C32H45NO3. The Labute approximate surface area is 218 Å². The fraction of sp³-hybridized carbons (Fsp3) is 0.625. The fourth-order valence-corrected chi connectivity index (χ4v) is 7.66. The van der Waals surface area contributed by atoms with E-state index in [1.807, 2.05) is 0 Å². The van der Waals surface area contributed by atoms with Crippen LogP contribution in [0, 0.1) is 17.3 Å². The van der Waals surface area contributed by atoms with Gasteiger partial charge in [-0.05, 0) is 90.8 Å². The van der Waals surface area contributed by atoms with Crippen molar-refractivity contribution in [2.24, 2.45) is 17.3 Å². The van der Waals surface area contributed by atoms with Crippen molar-refractivity contribution in [2.75, 3.05) is 39.3 Å². The van der Waals surface area contributed by atoms with E-state index in [9.17, 15) is 0 Å². The molecular weight excluding hydrogens is 446 g/mol. The fourth-order valence-electron chi connectivity index (χ4n) is 7.66. The number of piperidine rings is 1. The Morgan fingerprint density at radius 1 is 0.861 bits per heavy atom. The Morgan fingerprint density at radius 3 is 2.19 bits per heavy atom. The van der Waals surface area contributed by atoms with Crippen LogP contribution in [0.15, 0.2) is 42.5 Å². The van der Waals surface area contributed by atoms with Crippen LogP contribution in [0.4, 0.5) is 5.69 Å². The van der Waals surface area contributed by atoms with E-state index in [1.54, 1.807) is 21.3 Å². The van der Waals surface area contributed by atoms with Crippen molar-refractivity contribution in [1.29, 1.82) is 0 Å². The van der Waals surface area contributed by atoms with Crippen molar-refractivity contribution in [1.82, 2.24) is 0 Å². The SMILES string of the molecule is COc1ccc2c(c1)CC[C@@](C)(C1CCCCC1)[C@@H]2c1ccc(N2CCC(C(OC)OC)CC2)cc1. The van der Waals surface area contributed by atoms with Gasteiger partial charge in [0.25, 0.3) is 0 Å². The van der Waals surface area contributed by atoms with Crippen LogP contribution >= 0.6 is 0 Å². The first-order valence-corrected chi connectivity index (χ1v) is 14.1. The average molecular weight is 492 g/mol. The second-order valence-electron chi connectivity index (χ2n) is 11.6. The molecule has 0 radical (unpaired) electrons. The molecule has 2 atom stereocenters. The van der Waals surface area contributed by atoms with Gasteiger partial charge in [-0.2, -0.15) is 0 Å². The lowest BCUT2D eigenvalue weighted by Crippen LogP contribution is -2.40. The number of hydrogen-bond donors (Lipinski definition) is 0. The van der Waals surface area contributed by atoms with Crippen LogP contribution in [0.5, 0.6) is 5.75 Å². The molecule has 1 saturated carbocycles. The van der Waals surface area contributed by atoms with Gasteiger partial charge in [-0.1, -0.05) is 44.4 Å². The minimum atomic E-state index is -0.0861. The number of benzene rings is 2. The summed E-state index contributed by atoms with van der Waals surface area (Å²) in [6.45, 7) is 4.71. The van der Waals surface area contributed by atoms with Gasteiger partial charge in [0.15, 0.2) is 6.29 Å². The van der Waals surface area contributed by atoms with Crippen molar-refractivity contribution in [3.05, 3.63) is 59.2 Å². The molecule has 0 N–H and O–H groups in total. The zero-order valence-corrected chi connectivity index (χ0v) is 22.8. The first kappa shape index (κ1) is 25.6. The highest BCUT2D eigenvalue weighted by molar-refractivity contribution is 5.52. The van der Waals surface area contributed by atoms with Crippen LogP contribution in [-0.2, 0) is 15.9 Å². The lowest BCUT2D eigenvalue weighted by molar-refractivity contribution is -0.141. The lowest BCUT2D eigenvalue weighted by atomic mass is 9.55. The maximum Gasteiger partial charge on any atom is 0.159 e. The van der Waals surface area contributed by atoms with Crippen molar-refractivity contribution in [3.8, 4) is 5.75 Å². The van der Waals surface area contributed by atoms with E-state index in [-0.39, 0.29) is 6.29 Å². The van der Waals surface area contributed by atoms with Crippen LogP contribution in [0.3, 0.4) is 0 Å². The van der Waals surface area contributed by atoms with E-state index in [4.69, 9.17) is 14.2 Å². The maximum absolute atomic E-state index is 5.59. The van der Waals surface area contributed by atoms with Crippen LogP contribution in [-0.4, -0.2) is 40.7 Å². The summed E-state index contributed by atoms with van der Waals surface area (Å²) in [4.78, 5) is 2.53. The normalized spacial score (nSPS) is 25.7. The van der Waals surface area contributed by atoms with E-state index in [2.05, 4.69) is 54.3 Å². The molecule has 0 bridgehead atoms. The monoisotopic (exact) mass is 491 g/mol. The van der Waals surface area contributed by atoms with E-state index < -0.39 is 0 Å². The molecule has 5 rings (SSSR count). The number of anilines is 1. The average Bonchev–Trinajstić information content (AvgIpc) is 2.94. The Balaban J connectivity index is 1.41. The van der Waals surface area contributed by atoms with Crippen molar-refractivity contribution < 1.29 is 14.2 Å². The number of hydrogen-bond acceptors (Lipinski definition) is 4. The summed E-state index contributed by atoms with van der Waals surface area (Å²) in [6.07, 6.45) is 11.5. The summed E-state index contributed by atoms with van der Waals surface area (Å²) >= 11 is 0. The number of fused-ring (bicyclic) bond motifs is 1. The quantitative estimate of drug-likeness (QED) is 0.383.